The SMILES string of the molecule is C=C/C=C\C(=C/C)C(Cc1ccc(Cl)cc1)C(C)NC(=O)C(C)C. The first kappa shape index (κ1) is 20.2. The summed E-state index contributed by atoms with van der Waals surface area (Å²) in [5.74, 6) is 0.225. The van der Waals surface area contributed by atoms with Crippen LogP contribution in [-0.2, 0) is 11.2 Å². The third-order valence-corrected chi connectivity index (χ3v) is 4.30. The minimum Gasteiger partial charge on any atom is -0.353 e. The van der Waals surface area contributed by atoms with Crippen LogP contribution in [0.4, 0.5) is 0 Å². The summed E-state index contributed by atoms with van der Waals surface area (Å²) in [4.78, 5) is 12.1. The molecule has 2 unspecified atom stereocenters. The molecule has 0 aliphatic carbocycles. The molecule has 130 valence electrons. The van der Waals surface area contributed by atoms with E-state index in [1.807, 2.05) is 51.1 Å². The molecule has 24 heavy (non-hydrogen) atoms. The molecule has 3 heteroatoms. The lowest BCUT2D eigenvalue weighted by atomic mass is 9.85. The van der Waals surface area contributed by atoms with Gasteiger partial charge < -0.3 is 5.32 Å². The molecule has 0 aromatic heterocycles. The Kier molecular flexibility index (Phi) is 8.56. The van der Waals surface area contributed by atoms with Crippen LogP contribution in [0.15, 0.2) is 60.7 Å². The predicted octanol–water partition coefficient (Wildman–Crippen LogP) is 5.35. The number of halogens is 1. The fourth-order valence-corrected chi connectivity index (χ4v) is 2.69. The maximum absolute atomic E-state index is 12.1. The van der Waals surface area contributed by atoms with Crippen molar-refractivity contribution in [1.29, 1.82) is 0 Å². The van der Waals surface area contributed by atoms with Crippen molar-refractivity contribution in [3.8, 4) is 0 Å². The highest BCUT2D eigenvalue weighted by Crippen LogP contribution is 2.24. The van der Waals surface area contributed by atoms with Crippen molar-refractivity contribution < 1.29 is 4.79 Å². The first-order valence-corrected chi connectivity index (χ1v) is 8.77. The first-order valence-electron chi connectivity index (χ1n) is 8.39. The monoisotopic (exact) mass is 345 g/mol. The minimum atomic E-state index is -0.0265. The number of nitrogens with one attached hydrogen (secondary N) is 1. The van der Waals surface area contributed by atoms with Crippen molar-refractivity contribution in [2.45, 2.75) is 40.2 Å². The molecule has 0 aliphatic rings. The highest BCUT2D eigenvalue weighted by atomic mass is 35.5. The molecule has 1 aromatic rings. The fourth-order valence-electron chi connectivity index (χ4n) is 2.56. The quantitative estimate of drug-likeness (QED) is 0.632. The Morgan fingerprint density at radius 1 is 1.25 bits per heavy atom. The molecule has 1 aromatic carbocycles. The van der Waals surface area contributed by atoms with E-state index in [-0.39, 0.29) is 23.8 Å². The summed E-state index contributed by atoms with van der Waals surface area (Å²) < 4.78 is 0. The van der Waals surface area contributed by atoms with Gasteiger partial charge in [-0.15, -0.1) is 0 Å². The Morgan fingerprint density at radius 2 is 1.88 bits per heavy atom. The number of rotatable bonds is 8. The van der Waals surface area contributed by atoms with Gasteiger partial charge in [0, 0.05) is 22.9 Å². The molecule has 2 nitrogen and oxygen atoms in total. The zero-order valence-electron chi connectivity index (χ0n) is 15.1. The number of hydrogen-bond acceptors (Lipinski definition) is 1. The predicted molar refractivity (Wildman–Crippen MR) is 104 cm³/mol. The van der Waals surface area contributed by atoms with Crippen LogP contribution in [0.2, 0.25) is 5.02 Å². The average Bonchev–Trinajstić information content (AvgIpc) is 2.55. The number of allylic oxidation sites excluding steroid dienone is 4. The van der Waals surface area contributed by atoms with Gasteiger partial charge in [0.2, 0.25) is 5.91 Å². The fraction of sp³-hybridized carbons (Fsp3) is 0.381. The molecule has 0 fully saturated rings. The molecule has 0 heterocycles. The molecule has 0 spiro atoms. The van der Waals surface area contributed by atoms with E-state index < -0.39 is 0 Å². The van der Waals surface area contributed by atoms with Gasteiger partial charge in [0.25, 0.3) is 0 Å². The number of carbonyl (C=O) groups excluding carboxylic acids is 1. The topological polar surface area (TPSA) is 29.1 Å². The van der Waals surface area contributed by atoms with E-state index in [2.05, 4.69) is 31.0 Å². The lowest BCUT2D eigenvalue weighted by molar-refractivity contribution is -0.124. The van der Waals surface area contributed by atoms with Gasteiger partial charge in [0.15, 0.2) is 0 Å². The van der Waals surface area contributed by atoms with E-state index in [1.165, 1.54) is 11.1 Å². The van der Waals surface area contributed by atoms with E-state index in [0.717, 1.165) is 11.4 Å². The zero-order valence-corrected chi connectivity index (χ0v) is 15.8. The number of carbonyl (C=O) groups is 1. The number of benzene rings is 1. The van der Waals surface area contributed by atoms with Gasteiger partial charge in [0.1, 0.15) is 0 Å². The standard InChI is InChI=1S/C21H28ClNO/c1-6-8-9-18(7-2)20(16(5)23-21(24)15(3)4)14-17-10-12-19(22)13-11-17/h6-13,15-16,20H,1,14H2,2-5H3,(H,23,24)/b9-8-,18-7+. The van der Waals surface area contributed by atoms with Gasteiger partial charge in [-0.3, -0.25) is 4.79 Å². The molecule has 0 aliphatic heterocycles. The zero-order chi connectivity index (χ0) is 18.1. The van der Waals surface area contributed by atoms with Crippen LogP contribution >= 0.6 is 11.6 Å². The van der Waals surface area contributed by atoms with Gasteiger partial charge in [-0.25, -0.2) is 0 Å². The van der Waals surface area contributed by atoms with Crippen LogP contribution in [0, 0.1) is 11.8 Å². The third kappa shape index (κ3) is 6.37. The van der Waals surface area contributed by atoms with Gasteiger partial charge >= 0.3 is 0 Å². The van der Waals surface area contributed by atoms with Crippen molar-refractivity contribution in [1.82, 2.24) is 5.32 Å². The van der Waals surface area contributed by atoms with E-state index in [0.29, 0.717) is 0 Å². The molecular formula is C21H28ClNO. The van der Waals surface area contributed by atoms with Crippen LogP contribution in [0.1, 0.15) is 33.3 Å². The van der Waals surface area contributed by atoms with Crippen molar-refractivity contribution in [2.24, 2.45) is 11.8 Å². The summed E-state index contributed by atoms with van der Waals surface area (Å²) >= 11 is 5.98. The van der Waals surface area contributed by atoms with Crippen LogP contribution in [0.25, 0.3) is 0 Å². The van der Waals surface area contributed by atoms with Crippen LogP contribution in [0.3, 0.4) is 0 Å². The highest BCUT2D eigenvalue weighted by Gasteiger charge is 2.23. The van der Waals surface area contributed by atoms with Gasteiger partial charge in [-0.1, -0.05) is 68.5 Å². The van der Waals surface area contributed by atoms with E-state index in [4.69, 9.17) is 11.6 Å². The van der Waals surface area contributed by atoms with Crippen molar-refractivity contribution in [2.75, 3.05) is 0 Å². The normalized spacial score (nSPS) is 14.7. The highest BCUT2D eigenvalue weighted by molar-refractivity contribution is 6.30. The summed E-state index contributed by atoms with van der Waals surface area (Å²) in [7, 11) is 0. The summed E-state index contributed by atoms with van der Waals surface area (Å²) in [5, 5.41) is 3.87. The Labute approximate surface area is 151 Å². The second-order valence-electron chi connectivity index (χ2n) is 6.27. The molecule has 1 rings (SSSR count). The molecular weight excluding hydrogens is 318 g/mol. The average molecular weight is 346 g/mol. The Balaban J connectivity index is 3.05. The van der Waals surface area contributed by atoms with Gasteiger partial charge in [-0.2, -0.15) is 0 Å². The first-order chi connectivity index (χ1) is 11.4. The second-order valence-corrected chi connectivity index (χ2v) is 6.71. The van der Waals surface area contributed by atoms with Gasteiger partial charge in [-0.05, 0) is 43.5 Å². The largest absolute Gasteiger partial charge is 0.353 e. The van der Waals surface area contributed by atoms with E-state index in [9.17, 15) is 4.79 Å². The lowest BCUT2D eigenvalue weighted by Crippen LogP contribution is -2.41. The van der Waals surface area contributed by atoms with Crippen LogP contribution in [0.5, 0.6) is 0 Å². The Bertz CT molecular complexity index is 599. The number of amides is 1. The summed E-state index contributed by atoms with van der Waals surface area (Å²) in [6, 6.07) is 7.91. The molecule has 0 saturated carbocycles. The summed E-state index contributed by atoms with van der Waals surface area (Å²) in [6.07, 6.45) is 8.68. The summed E-state index contributed by atoms with van der Waals surface area (Å²) in [5.41, 5.74) is 2.38. The molecule has 1 N–H and O–H groups in total. The molecule has 2 atom stereocenters. The van der Waals surface area contributed by atoms with Crippen molar-refractivity contribution in [3.05, 3.63) is 71.3 Å². The van der Waals surface area contributed by atoms with Crippen LogP contribution in [-0.4, -0.2) is 11.9 Å². The molecule has 0 radical (unpaired) electrons. The van der Waals surface area contributed by atoms with E-state index >= 15 is 0 Å². The maximum Gasteiger partial charge on any atom is 0.222 e. The van der Waals surface area contributed by atoms with Crippen molar-refractivity contribution in [3.63, 3.8) is 0 Å². The Hall–Kier alpha value is -1.80. The smallest absolute Gasteiger partial charge is 0.222 e. The summed E-state index contributed by atoms with van der Waals surface area (Å²) in [6.45, 7) is 11.6. The molecule has 0 saturated heterocycles. The van der Waals surface area contributed by atoms with Crippen LogP contribution < -0.4 is 5.32 Å². The van der Waals surface area contributed by atoms with Gasteiger partial charge in [0.05, 0.1) is 0 Å². The number of hydrogen-bond donors (Lipinski definition) is 1. The molecule has 1 amide bonds. The third-order valence-electron chi connectivity index (χ3n) is 4.05. The second kappa shape index (κ2) is 10.1. The molecule has 0 bridgehead atoms. The Morgan fingerprint density at radius 3 is 2.38 bits per heavy atom. The maximum atomic E-state index is 12.1. The minimum absolute atomic E-state index is 0.0243. The lowest BCUT2D eigenvalue weighted by Gasteiger charge is -2.27. The van der Waals surface area contributed by atoms with Crippen molar-refractivity contribution >= 4 is 17.5 Å². The van der Waals surface area contributed by atoms with E-state index in [1.54, 1.807) is 6.08 Å².